The van der Waals surface area contributed by atoms with Crippen LogP contribution >= 0.6 is 0 Å². The number of carbonyl (C=O) groups excluding carboxylic acids is 1. The molecule has 1 saturated carbocycles. The highest BCUT2D eigenvalue weighted by Gasteiger charge is 2.28. The number of rotatable bonds is 5. The lowest BCUT2D eigenvalue weighted by Crippen LogP contribution is -2.26. The van der Waals surface area contributed by atoms with Crippen molar-refractivity contribution in [3.8, 4) is 0 Å². The molecule has 0 unspecified atom stereocenters. The number of hydrogen-bond donors (Lipinski definition) is 2. The summed E-state index contributed by atoms with van der Waals surface area (Å²) in [4.78, 5) is 16.9. The van der Waals surface area contributed by atoms with Gasteiger partial charge in [0.1, 0.15) is 0 Å². The Bertz CT molecular complexity index is 1090. The monoisotopic (exact) mass is 367 g/mol. The van der Waals surface area contributed by atoms with Crippen molar-refractivity contribution in [1.29, 1.82) is 0 Å². The van der Waals surface area contributed by atoms with Crippen LogP contribution in [0.3, 0.4) is 0 Å². The highest BCUT2D eigenvalue weighted by atomic mass is 32.2. The van der Waals surface area contributed by atoms with E-state index in [1.807, 2.05) is 30.3 Å². The van der Waals surface area contributed by atoms with Gasteiger partial charge in [-0.1, -0.05) is 24.3 Å². The lowest BCUT2D eigenvalue weighted by Gasteiger charge is -2.09. The summed E-state index contributed by atoms with van der Waals surface area (Å²) < 4.78 is 27.2. The summed E-state index contributed by atoms with van der Waals surface area (Å²) in [6, 6.07) is 15.5. The second-order valence-corrected chi connectivity index (χ2v) is 8.01. The number of amides is 1. The van der Waals surface area contributed by atoms with Crippen molar-refractivity contribution in [3.63, 3.8) is 0 Å². The normalized spacial score (nSPS) is 14.3. The molecule has 0 aliphatic heterocycles. The summed E-state index contributed by atoms with van der Waals surface area (Å²) in [7, 11) is -3.60. The third kappa shape index (κ3) is 3.58. The number of anilines is 1. The van der Waals surface area contributed by atoms with E-state index in [2.05, 4.69) is 15.0 Å². The van der Waals surface area contributed by atoms with Gasteiger partial charge in [-0.05, 0) is 43.2 Å². The molecule has 0 atom stereocenters. The molecule has 0 radical (unpaired) electrons. The van der Waals surface area contributed by atoms with Gasteiger partial charge in [0.25, 0.3) is 5.91 Å². The number of pyridine rings is 1. The topological polar surface area (TPSA) is 88.2 Å². The average molecular weight is 367 g/mol. The maximum Gasteiger partial charge on any atom is 0.255 e. The van der Waals surface area contributed by atoms with Crippen molar-refractivity contribution in [2.24, 2.45) is 0 Å². The Morgan fingerprint density at radius 2 is 1.85 bits per heavy atom. The molecule has 7 heteroatoms. The van der Waals surface area contributed by atoms with E-state index in [1.165, 1.54) is 12.1 Å². The highest BCUT2D eigenvalue weighted by molar-refractivity contribution is 7.89. The fourth-order valence-corrected chi connectivity index (χ4v) is 3.99. The summed E-state index contributed by atoms with van der Waals surface area (Å²) in [5.41, 5.74) is 1.67. The molecule has 1 aliphatic rings. The minimum Gasteiger partial charge on any atom is -0.321 e. The lowest BCUT2D eigenvalue weighted by atomic mass is 10.2. The van der Waals surface area contributed by atoms with Crippen LogP contribution in [0.2, 0.25) is 0 Å². The first-order valence-corrected chi connectivity index (χ1v) is 9.78. The third-order valence-corrected chi connectivity index (χ3v) is 5.67. The third-order valence-electron chi connectivity index (χ3n) is 4.15. The second-order valence-electron chi connectivity index (χ2n) is 6.29. The largest absolute Gasteiger partial charge is 0.321 e. The first-order valence-electron chi connectivity index (χ1n) is 8.30. The SMILES string of the molecule is O=C(Nc1cnc2ccccc2c1)c1cccc(S(=O)(=O)NC2CC2)c1. The smallest absolute Gasteiger partial charge is 0.255 e. The van der Waals surface area contributed by atoms with Crippen LogP contribution in [-0.4, -0.2) is 25.4 Å². The van der Waals surface area contributed by atoms with Gasteiger partial charge < -0.3 is 5.32 Å². The predicted octanol–water partition coefficient (Wildman–Crippen LogP) is 2.93. The van der Waals surface area contributed by atoms with E-state index in [-0.39, 0.29) is 22.4 Å². The van der Waals surface area contributed by atoms with Gasteiger partial charge in [-0.2, -0.15) is 0 Å². The van der Waals surface area contributed by atoms with E-state index >= 15 is 0 Å². The fourth-order valence-electron chi connectivity index (χ4n) is 2.64. The van der Waals surface area contributed by atoms with Crippen LogP contribution in [0, 0.1) is 0 Å². The maximum atomic E-state index is 12.5. The zero-order valence-corrected chi connectivity index (χ0v) is 14.7. The highest BCUT2D eigenvalue weighted by Crippen LogP contribution is 2.23. The molecule has 0 saturated heterocycles. The number of fused-ring (bicyclic) bond motifs is 1. The minimum absolute atomic E-state index is 0.0150. The van der Waals surface area contributed by atoms with Crippen LogP contribution in [0.15, 0.2) is 65.7 Å². The Morgan fingerprint density at radius 3 is 2.65 bits per heavy atom. The summed E-state index contributed by atoms with van der Waals surface area (Å²) in [5.74, 6) is -0.384. The fraction of sp³-hybridized carbons (Fsp3) is 0.158. The van der Waals surface area contributed by atoms with E-state index in [4.69, 9.17) is 0 Å². The van der Waals surface area contributed by atoms with Gasteiger partial charge in [-0.3, -0.25) is 9.78 Å². The molecule has 1 aromatic heterocycles. The molecule has 6 nitrogen and oxygen atoms in total. The Kier molecular flexibility index (Phi) is 4.18. The Hall–Kier alpha value is -2.77. The number of para-hydroxylation sites is 1. The van der Waals surface area contributed by atoms with Gasteiger partial charge in [0.2, 0.25) is 10.0 Å². The molecule has 0 spiro atoms. The molecular weight excluding hydrogens is 350 g/mol. The number of nitrogens with one attached hydrogen (secondary N) is 2. The summed E-state index contributed by atoms with van der Waals surface area (Å²) >= 11 is 0. The molecule has 1 heterocycles. The molecule has 2 aromatic carbocycles. The molecule has 132 valence electrons. The minimum atomic E-state index is -3.60. The summed E-state index contributed by atoms with van der Waals surface area (Å²) in [6.07, 6.45) is 3.29. The maximum absolute atomic E-state index is 12.5. The standard InChI is InChI=1S/C19H17N3O3S/c23-19(21-16-10-13-4-1-2-7-18(13)20-12-16)14-5-3-6-17(11-14)26(24,25)22-15-8-9-15/h1-7,10-12,15,22H,8-9H2,(H,21,23). The van der Waals surface area contributed by atoms with Crippen LogP contribution in [0.1, 0.15) is 23.2 Å². The van der Waals surface area contributed by atoms with Crippen molar-refractivity contribution < 1.29 is 13.2 Å². The van der Waals surface area contributed by atoms with E-state index in [0.717, 1.165) is 23.7 Å². The molecule has 26 heavy (non-hydrogen) atoms. The zero-order chi connectivity index (χ0) is 18.1. The quantitative estimate of drug-likeness (QED) is 0.726. The van der Waals surface area contributed by atoms with Gasteiger partial charge in [0.05, 0.1) is 22.3 Å². The van der Waals surface area contributed by atoms with E-state index in [9.17, 15) is 13.2 Å². The van der Waals surface area contributed by atoms with Gasteiger partial charge in [-0.25, -0.2) is 13.1 Å². The van der Waals surface area contributed by atoms with Gasteiger partial charge >= 0.3 is 0 Å². The average Bonchev–Trinajstić information content (AvgIpc) is 3.45. The number of carbonyl (C=O) groups is 1. The Balaban J connectivity index is 1.56. The van der Waals surface area contributed by atoms with Crippen LogP contribution in [0.25, 0.3) is 10.9 Å². The van der Waals surface area contributed by atoms with Crippen molar-refractivity contribution in [2.75, 3.05) is 5.32 Å². The summed E-state index contributed by atoms with van der Waals surface area (Å²) in [6.45, 7) is 0. The molecule has 4 rings (SSSR count). The van der Waals surface area contributed by atoms with E-state index < -0.39 is 10.0 Å². The molecule has 2 N–H and O–H groups in total. The molecule has 1 fully saturated rings. The van der Waals surface area contributed by atoms with Crippen LogP contribution in [0.5, 0.6) is 0 Å². The zero-order valence-electron chi connectivity index (χ0n) is 13.8. The van der Waals surface area contributed by atoms with Gasteiger partial charge in [0.15, 0.2) is 0 Å². The van der Waals surface area contributed by atoms with Crippen molar-refractivity contribution >= 4 is 32.5 Å². The molecule has 1 amide bonds. The number of benzene rings is 2. The van der Waals surface area contributed by atoms with Crippen LogP contribution in [0.4, 0.5) is 5.69 Å². The molecule has 1 aliphatic carbocycles. The van der Waals surface area contributed by atoms with Crippen LogP contribution in [-0.2, 0) is 10.0 Å². The van der Waals surface area contributed by atoms with E-state index in [1.54, 1.807) is 18.3 Å². The van der Waals surface area contributed by atoms with Gasteiger partial charge in [0, 0.05) is 17.0 Å². The van der Waals surface area contributed by atoms with Gasteiger partial charge in [-0.15, -0.1) is 0 Å². The molecule has 0 bridgehead atoms. The number of hydrogen-bond acceptors (Lipinski definition) is 4. The number of sulfonamides is 1. The van der Waals surface area contributed by atoms with Crippen molar-refractivity contribution in [3.05, 3.63) is 66.4 Å². The van der Waals surface area contributed by atoms with Crippen molar-refractivity contribution in [1.82, 2.24) is 9.71 Å². The Morgan fingerprint density at radius 1 is 1.04 bits per heavy atom. The molecule has 3 aromatic rings. The first kappa shape index (κ1) is 16.7. The van der Waals surface area contributed by atoms with E-state index in [0.29, 0.717) is 5.69 Å². The lowest BCUT2D eigenvalue weighted by molar-refractivity contribution is 0.102. The summed E-state index contributed by atoms with van der Waals surface area (Å²) in [5, 5.41) is 3.68. The van der Waals surface area contributed by atoms with Crippen LogP contribution < -0.4 is 10.0 Å². The predicted molar refractivity (Wildman–Crippen MR) is 99.5 cm³/mol. The number of nitrogens with zero attached hydrogens (tertiary/aromatic N) is 1. The Labute approximate surface area is 151 Å². The second kappa shape index (κ2) is 6.51. The number of aromatic nitrogens is 1. The molecular formula is C19H17N3O3S. The first-order chi connectivity index (χ1) is 12.5. The van der Waals surface area contributed by atoms with Crippen molar-refractivity contribution in [2.45, 2.75) is 23.8 Å².